The monoisotopic (exact) mass is 315 g/mol. The smallest absolute Gasteiger partial charge is 0.412 e. The van der Waals surface area contributed by atoms with E-state index in [1.165, 1.54) is 0 Å². The molecule has 2 atom stereocenters. The molecular weight excluding hydrogens is 290 g/mol. The lowest BCUT2D eigenvalue weighted by Gasteiger charge is -2.36. The Hall–Kier alpha value is -1.99. The number of terminal acetylenes is 1. The fourth-order valence-electron chi connectivity index (χ4n) is 2.83. The van der Waals surface area contributed by atoms with Gasteiger partial charge in [-0.1, -0.05) is 36.3 Å². The first-order valence-corrected chi connectivity index (χ1v) is 7.83. The van der Waals surface area contributed by atoms with Crippen molar-refractivity contribution in [3.8, 4) is 12.3 Å². The third-order valence-corrected chi connectivity index (χ3v) is 3.83. The molecule has 1 amide bonds. The Labute approximate surface area is 138 Å². The molecule has 0 unspecified atom stereocenters. The highest BCUT2D eigenvalue weighted by Crippen LogP contribution is 2.36. The molecule has 1 fully saturated rings. The van der Waals surface area contributed by atoms with Gasteiger partial charge in [-0.2, -0.15) is 0 Å². The molecule has 1 heterocycles. The molecule has 1 aromatic rings. The summed E-state index contributed by atoms with van der Waals surface area (Å²) in [5.74, 6) is 2.57. The molecule has 0 aliphatic carbocycles. The Balaban J connectivity index is 2.33. The summed E-state index contributed by atoms with van der Waals surface area (Å²) in [6.45, 7) is 9.64. The summed E-state index contributed by atoms with van der Waals surface area (Å²) in [5, 5.41) is 0. The molecule has 0 bridgehead atoms. The molecule has 0 saturated carbocycles. The van der Waals surface area contributed by atoms with E-state index >= 15 is 0 Å². The number of hydrogen-bond acceptors (Lipinski definition) is 3. The number of ether oxygens (including phenoxy) is 2. The minimum absolute atomic E-state index is 0.245. The van der Waals surface area contributed by atoms with Crippen LogP contribution in [-0.4, -0.2) is 35.0 Å². The number of nitrogens with zero attached hydrogens (tertiary/aromatic N) is 1. The van der Waals surface area contributed by atoms with E-state index in [2.05, 4.69) is 5.92 Å². The zero-order valence-corrected chi connectivity index (χ0v) is 14.5. The third kappa shape index (κ3) is 3.86. The van der Waals surface area contributed by atoms with Crippen LogP contribution in [0, 0.1) is 12.3 Å². The van der Waals surface area contributed by atoms with Crippen LogP contribution in [0.15, 0.2) is 30.3 Å². The Morgan fingerprint density at radius 2 is 2.00 bits per heavy atom. The van der Waals surface area contributed by atoms with E-state index in [1.54, 1.807) is 4.90 Å². The van der Waals surface area contributed by atoms with E-state index in [0.717, 1.165) is 5.56 Å². The SMILES string of the molecule is C#C[C@H](c1ccccc1)[C@H]1COC(C)(C)N1C(=O)OC(C)(C)C. The van der Waals surface area contributed by atoms with Gasteiger partial charge in [0.2, 0.25) is 0 Å². The third-order valence-electron chi connectivity index (χ3n) is 3.83. The van der Waals surface area contributed by atoms with E-state index in [0.29, 0.717) is 6.61 Å². The van der Waals surface area contributed by atoms with Crippen LogP contribution < -0.4 is 0 Å². The summed E-state index contributed by atoms with van der Waals surface area (Å²) in [6, 6.07) is 9.52. The molecule has 1 aliphatic heterocycles. The van der Waals surface area contributed by atoms with Crippen LogP contribution in [0.2, 0.25) is 0 Å². The Bertz CT molecular complexity index is 595. The Morgan fingerprint density at radius 3 is 2.52 bits per heavy atom. The van der Waals surface area contributed by atoms with E-state index in [4.69, 9.17) is 15.9 Å². The van der Waals surface area contributed by atoms with Crippen molar-refractivity contribution in [1.29, 1.82) is 0 Å². The predicted octanol–water partition coefficient (Wildman–Crippen LogP) is 3.78. The molecule has 4 nitrogen and oxygen atoms in total. The van der Waals surface area contributed by atoms with Crippen molar-refractivity contribution in [3.05, 3.63) is 35.9 Å². The van der Waals surface area contributed by atoms with Gasteiger partial charge in [-0.15, -0.1) is 6.42 Å². The van der Waals surface area contributed by atoms with Gasteiger partial charge in [0.15, 0.2) is 0 Å². The topological polar surface area (TPSA) is 38.8 Å². The molecule has 4 heteroatoms. The van der Waals surface area contributed by atoms with Crippen molar-refractivity contribution >= 4 is 6.09 Å². The first-order valence-electron chi connectivity index (χ1n) is 7.83. The predicted molar refractivity (Wildman–Crippen MR) is 89.9 cm³/mol. The average molecular weight is 315 g/mol. The van der Waals surface area contributed by atoms with Gasteiger partial charge < -0.3 is 9.47 Å². The molecule has 1 aliphatic rings. The second-order valence-corrected chi connectivity index (χ2v) is 7.23. The second-order valence-electron chi connectivity index (χ2n) is 7.23. The van der Waals surface area contributed by atoms with Gasteiger partial charge in [-0.25, -0.2) is 4.79 Å². The van der Waals surface area contributed by atoms with Gasteiger partial charge in [0.05, 0.1) is 18.6 Å². The largest absolute Gasteiger partial charge is 0.444 e. The van der Waals surface area contributed by atoms with Crippen molar-refractivity contribution in [2.24, 2.45) is 0 Å². The number of carbonyl (C=O) groups excluding carboxylic acids is 1. The number of hydrogen-bond donors (Lipinski definition) is 0. The van der Waals surface area contributed by atoms with E-state index < -0.39 is 17.4 Å². The molecule has 2 rings (SSSR count). The summed E-state index contributed by atoms with van der Waals surface area (Å²) in [4.78, 5) is 14.3. The van der Waals surface area contributed by atoms with Gasteiger partial charge in [0, 0.05) is 0 Å². The molecule has 1 saturated heterocycles. The number of rotatable bonds is 2. The molecule has 0 radical (unpaired) electrons. The van der Waals surface area contributed by atoms with Crippen LogP contribution in [-0.2, 0) is 9.47 Å². The average Bonchev–Trinajstić information content (AvgIpc) is 2.75. The van der Waals surface area contributed by atoms with Gasteiger partial charge in [-0.05, 0) is 40.2 Å². The first-order chi connectivity index (χ1) is 10.7. The Kier molecular flexibility index (Phi) is 4.72. The summed E-state index contributed by atoms with van der Waals surface area (Å²) in [5.41, 5.74) is -0.329. The zero-order chi connectivity index (χ0) is 17.3. The van der Waals surface area contributed by atoms with Gasteiger partial charge >= 0.3 is 6.09 Å². The van der Waals surface area contributed by atoms with Crippen LogP contribution in [0.5, 0.6) is 0 Å². The molecule has 124 valence electrons. The normalized spacial score (nSPS) is 21.6. The molecule has 0 N–H and O–H groups in total. The quantitative estimate of drug-likeness (QED) is 0.780. The molecule has 1 aromatic carbocycles. The second kappa shape index (κ2) is 6.25. The summed E-state index contributed by atoms with van der Waals surface area (Å²) >= 11 is 0. The lowest BCUT2D eigenvalue weighted by Crippen LogP contribution is -2.51. The van der Waals surface area contributed by atoms with Crippen molar-refractivity contribution < 1.29 is 14.3 Å². The fraction of sp³-hybridized carbons (Fsp3) is 0.526. The van der Waals surface area contributed by atoms with Crippen molar-refractivity contribution in [1.82, 2.24) is 4.90 Å². The van der Waals surface area contributed by atoms with Crippen molar-refractivity contribution in [2.45, 2.75) is 57.9 Å². The molecule has 0 spiro atoms. The molecule has 23 heavy (non-hydrogen) atoms. The maximum Gasteiger partial charge on any atom is 0.412 e. The number of carbonyl (C=O) groups is 1. The number of benzene rings is 1. The maximum absolute atomic E-state index is 12.7. The minimum atomic E-state index is -0.753. The molecule has 0 aromatic heterocycles. The van der Waals surface area contributed by atoms with E-state index in [9.17, 15) is 4.79 Å². The summed E-state index contributed by atoms with van der Waals surface area (Å²) in [6.07, 6.45) is 5.38. The lowest BCUT2D eigenvalue weighted by molar-refractivity contribution is -0.0627. The maximum atomic E-state index is 12.7. The zero-order valence-electron chi connectivity index (χ0n) is 14.5. The van der Waals surface area contributed by atoms with Crippen LogP contribution in [0.4, 0.5) is 4.79 Å². The van der Waals surface area contributed by atoms with Gasteiger partial charge in [-0.3, -0.25) is 4.90 Å². The van der Waals surface area contributed by atoms with Gasteiger partial charge in [0.25, 0.3) is 0 Å². The minimum Gasteiger partial charge on any atom is -0.444 e. The first kappa shape index (κ1) is 17.4. The van der Waals surface area contributed by atoms with Crippen LogP contribution >= 0.6 is 0 Å². The highest BCUT2D eigenvalue weighted by molar-refractivity contribution is 5.70. The van der Waals surface area contributed by atoms with E-state index in [-0.39, 0.29) is 12.0 Å². The highest BCUT2D eigenvalue weighted by atomic mass is 16.6. The van der Waals surface area contributed by atoms with Crippen molar-refractivity contribution in [2.75, 3.05) is 6.61 Å². The fourth-order valence-corrected chi connectivity index (χ4v) is 2.83. The summed E-state index contributed by atoms with van der Waals surface area (Å²) < 4.78 is 11.4. The van der Waals surface area contributed by atoms with Gasteiger partial charge in [0.1, 0.15) is 11.3 Å². The van der Waals surface area contributed by atoms with Crippen LogP contribution in [0.25, 0.3) is 0 Å². The molecular formula is C19H25NO3. The highest BCUT2D eigenvalue weighted by Gasteiger charge is 2.48. The van der Waals surface area contributed by atoms with Crippen molar-refractivity contribution in [3.63, 3.8) is 0 Å². The Morgan fingerprint density at radius 1 is 1.39 bits per heavy atom. The van der Waals surface area contributed by atoms with Crippen LogP contribution in [0.3, 0.4) is 0 Å². The number of amides is 1. The van der Waals surface area contributed by atoms with E-state index in [1.807, 2.05) is 65.0 Å². The van der Waals surface area contributed by atoms with Crippen LogP contribution in [0.1, 0.15) is 46.1 Å². The lowest BCUT2D eigenvalue weighted by atomic mass is 9.91. The standard InChI is InChI=1S/C19H25NO3/c1-7-15(14-11-9-8-10-12-14)16-13-22-19(5,6)20(16)17(21)23-18(2,3)4/h1,8-12,15-16H,13H2,2-6H3/t15-,16-/m1/s1. The summed E-state index contributed by atoms with van der Waals surface area (Å²) in [7, 11) is 0.